The third-order valence-electron chi connectivity index (χ3n) is 5.55. The van der Waals surface area contributed by atoms with Crippen LogP contribution in [-0.4, -0.2) is 11.0 Å². The second-order valence-corrected chi connectivity index (χ2v) is 8.87. The van der Waals surface area contributed by atoms with E-state index in [1.54, 1.807) is 0 Å². The highest BCUT2D eigenvalue weighted by molar-refractivity contribution is 7.99. The van der Waals surface area contributed by atoms with E-state index in [0.717, 1.165) is 17.1 Å². The van der Waals surface area contributed by atoms with Gasteiger partial charge in [0, 0.05) is 5.25 Å². The molecule has 0 amide bonds. The summed E-state index contributed by atoms with van der Waals surface area (Å²) >= 11 is 2.28. The molecule has 0 aromatic heterocycles. The maximum Gasteiger partial charge on any atom is 0.00470 e. The van der Waals surface area contributed by atoms with Gasteiger partial charge in [-0.25, -0.2) is 0 Å². The van der Waals surface area contributed by atoms with Gasteiger partial charge in [-0.1, -0.05) is 77.6 Å². The highest BCUT2D eigenvalue weighted by Crippen LogP contribution is 2.32. The first-order valence-electron chi connectivity index (χ1n) is 9.46. The highest BCUT2D eigenvalue weighted by atomic mass is 32.2. The third kappa shape index (κ3) is 6.87. The van der Waals surface area contributed by atoms with E-state index in [2.05, 4.69) is 18.7 Å². The van der Waals surface area contributed by atoms with E-state index in [9.17, 15) is 0 Å². The van der Waals surface area contributed by atoms with Crippen molar-refractivity contribution in [1.82, 2.24) is 0 Å². The first kappa shape index (κ1) is 16.7. The molecular formula is C19H36S. The minimum atomic E-state index is 1.02. The molecular weight excluding hydrogens is 260 g/mol. The van der Waals surface area contributed by atoms with E-state index < -0.39 is 0 Å². The lowest BCUT2D eigenvalue weighted by molar-refractivity contribution is 0.271. The van der Waals surface area contributed by atoms with Crippen LogP contribution < -0.4 is 0 Å². The summed E-state index contributed by atoms with van der Waals surface area (Å²) in [6, 6.07) is 0. The van der Waals surface area contributed by atoms with Crippen LogP contribution in [-0.2, 0) is 0 Å². The molecule has 2 aliphatic rings. The first-order valence-corrected chi connectivity index (χ1v) is 10.5. The van der Waals surface area contributed by atoms with Crippen molar-refractivity contribution in [2.24, 2.45) is 11.8 Å². The van der Waals surface area contributed by atoms with Gasteiger partial charge in [0.15, 0.2) is 0 Å². The van der Waals surface area contributed by atoms with E-state index in [1.165, 1.54) is 95.6 Å². The van der Waals surface area contributed by atoms with Crippen molar-refractivity contribution in [2.75, 3.05) is 5.75 Å². The van der Waals surface area contributed by atoms with Gasteiger partial charge in [0.1, 0.15) is 0 Å². The average Bonchev–Trinajstić information content (AvgIpc) is 2.49. The van der Waals surface area contributed by atoms with Crippen LogP contribution in [0.2, 0.25) is 0 Å². The molecule has 0 heterocycles. The van der Waals surface area contributed by atoms with E-state index in [1.807, 2.05) is 0 Å². The zero-order valence-corrected chi connectivity index (χ0v) is 14.6. The maximum atomic E-state index is 2.43. The van der Waals surface area contributed by atoms with Crippen LogP contribution >= 0.6 is 11.8 Å². The topological polar surface area (TPSA) is 0 Å². The van der Waals surface area contributed by atoms with Crippen LogP contribution in [0.3, 0.4) is 0 Å². The second-order valence-electron chi connectivity index (χ2n) is 7.46. The summed E-state index contributed by atoms with van der Waals surface area (Å²) < 4.78 is 0. The standard InChI is InChI=1S/C19H36S/c1-17-12-14-18(15-13-17)9-5-2-3-8-16-20-19-10-6-4-7-11-19/h17-19H,2-16H2,1H3. The van der Waals surface area contributed by atoms with Crippen LogP contribution in [0.1, 0.15) is 96.8 Å². The molecule has 118 valence electrons. The Morgan fingerprint density at radius 2 is 1.45 bits per heavy atom. The van der Waals surface area contributed by atoms with Gasteiger partial charge in [-0.15, -0.1) is 0 Å². The van der Waals surface area contributed by atoms with Gasteiger partial charge in [0.2, 0.25) is 0 Å². The van der Waals surface area contributed by atoms with E-state index in [-0.39, 0.29) is 0 Å². The molecule has 0 aliphatic heterocycles. The molecule has 2 fully saturated rings. The molecule has 2 rings (SSSR count). The highest BCUT2D eigenvalue weighted by Gasteiger charge is 2.17. The Hall–Kier alpha value is 0.350. The molecule has 0 nitrogen and oxygen atoms in total. The van der Waals surface area contributed by atoms with Gasteiger partial charge in [-0.3, -0.25) is 0 Å². The smallest absolute Gasteiger partial charge is 0.00470 e. The first-order chi connectivity index (χ1) is 9.84. The Balaban J connectivity index is 1.36. The molecule has 0 N–H and O–H groups in total. The van der Waals surface area contributed by atoms with E-state index >= 15 is 0 Å². The second kappa shape index (κ2) is 10.1. The molecule has 0 radical (unpaired) electrons. The lowest BCUT2D eigenvalue weighted by Crippen LogP contribution is -2.12. The monoisotopic (exact) mass is 296 g/mol. The summed E-state index contributed by atoms with van der Waals surface area (Å²) in [5.74, 6) is 3.54. The molecule has 2 saturated carbocycles. The minimum Gasteiger partial charge on any atom is -0.159 e. The summed E-state index contributed by atoms with van der Waals surface area (Å²) in [5, 5.41) is 1.02. The number of hydrogen-bond donors (Lipinski definition) is 0. The largest absolute Gasteiger partial charge is 0.159 e. The van der Waals surface area contributed by atoms with Crippen LogP contribution in [0, 0.1) is 11.8 Å². The summed E-state index contributed by atoms with van der Waals surface area (Å²) in [5.41, 5.74) is 0. The lowest BCUT2D eigenvalue weighted by Gasteiger charge is -2.26. The number of thioether (sulfide) groups is 1. The van der Waals surface area contributed by atoms with Gasteiger partial charge < -0.3 is 0 Å². The summed E-state index contributed by atoms with van der Waals surface area (Å²) in [7, 11) is 0. The SMILES string of the molecule is CC1CCC(CCCCCCSC2CCCCC2)CC1. The molecule has 0 aromatic carbocycles. The number of unbranched alkanes of at least 4 members (excludes halogenated alkanes) is 3. The van der Waals surface area contributed by atoms with Gasteiger partial charge in [0.25, 0.3) is 0 Å². The number of rotatable bonds is 8. The van der Waals surface area contributed by atoms with Crippen LogP contribution in [0.25, 0.3) is 0 Å². The normalized spacial score (nSPS) is 28.6. The quantitative estimate of drug-likeness (QED) is 0.442. The molecule has 0 unspecified atom stereocenters. The molecule has 0 saturated heterocycles. The Morgan fingerprint density at radius 3 is 2.20 bits per heavy atom. The predicted molar refractivity (Wildman–Crippen MR) is 93.5 cm³/mol. The van der Waals surface area contributed by atoms with Gasteiger partial charge in [-0.05, 0) is 36.9 Å². The fourth-order valence-corrected chi connectivity index (χ4v) is 5.36. The van der Waals surface area contributed by atoms with Crippen LogP contribution in [0.5, 0.6) is 0 Å². The number of hydrogen-bond acceptors (Lipinski definition) is 1. The van der Waals surface area contributed by atoms with Crippen molar-refractivity contribution >= 4 is 11.8 Å². The third-order valence-corrected chi connectivity index (χ3v) is 7.02. The predicted octanol–water partition coefficient (Wildman–Crippen LogP) is 6.83. The Labute approximate surface area is 131 Å². The Bertz CT molecular complexity index is 224. The zero-order chi connectivity index (χ0) is 14.0. The Kier molecular flexibility index (Phi) is 8.47. The van der Waals surface area contributed by atoms with Crippen molar-refractivity contribution in [3.8, 4) is 0 Å². The van der Waals surface area contributed by atoms with Crippen molar-refractivity contribution in [1.29, 1.82) is 0 Å². The van der Waals surface area contributed by atoms with Gasteiger partial charge in [0.05, 0.1) is 0 Å². The van der Waals surface area contributed by atoms with Gasteiger partial charge in [-0.2, -0.15) is 11.8 Å². The van der Waals surface area contributed by atoms with Gasteiger partial charge >= 0.3 is 0 Å². The van der Waals surface area contributed by atoms with Crippen molar-refractivity contribution in [3.05, 3.63) is 0 Å². The zero-order valence-electron chi connectivity index (χ0n) is 13.7. The average molecular weight is 297 g/mol. The fourth-order valence-electron chi connectivity index (χ4n) is 3.99. The summed E-state index contributed by atoms with van der Waals surface area (Å²) in [6.45, 7) is 2.43. The molecule has 2 aliphatic carbocycles. The minimum absolute atomic E-state index is 1.02. The van der Waals surface area contributed by atoms with Crippen molar-refractivity contribution in [2.45, 2.75) is 102 Å². The van der Waals surface area contributed by atoms with Crippen LogP contribution in [0.15, 0.2) is 0 Å². The molecule has 20 heavy (non-hydrogen) atoms. The van der Waals surface area contributed by atoms with Crippen LogP contribution in [0.4, 0.5) is 0 Å². The van der Waals surface area contributed by atoms with Crippen molar-refractivity contribution < 1.29 is 0 Å². The molecule has 1 heteroatoms. The van der Waals surface area contributed by atoms with E-state index in [0.29, 0.717) is 0 Å². The van der Waals surface area contributed by atoms with E-state index in [4.69, 9.17) is 0 Å². The molecule has 0 bridgehead atoms. The maximum absolute atomic E-state index is 2.43. The molecule has 0 spiro atoms. The lowest BCUT2D eigenvalue weighted by atomic mass is 9.80. The van der Waals surface area contributed by atoms with Crippen molar-refractivity contribution in [3.63, 3.8) is 0 Å². The summed E-state index contributed by atoms with van der Waals surface area (Å²) in [4.78, 5) is 0. The fraction of sp³-hybridized carbons (Fsp3) is 1.00. The summed E-state index contributed by atoms with van der Waals surface area (Å²) in [6.07, 6.45) is 21.1. The molecule has 0 aromatic rings. The Morgan fingerprint density at radius 1 is 0.750 bits per heavy atom. The molecule has 0 atom stereocenters.